The lowest BCUT2D eigenvalue weighted by atomic mass is 9.96. The Labute approximate surface area is 67.7 Å². The first-order valence-corrected chi connectivity index (χ1v) is 4.16. The van der Waals surface area contributed by atoms with E-state index >= 15 is 0 Å². The van der Waals surface area contributed by atoms with Gasteiger partial charge in [0.15, 0.2) is 0 Å². The van der Waals surface area contributed by atoms with E-state index in [1.807, 2.05) is 6.92 Å². The Balaban J connectivity index is 3.56. The van der Waals surface area contributed by atoms with Gasteiger partial charge in [0.2, 0.25) is 0 Å². The van der Waals surface area contributed by atoms with Gasteiger partial charge in [0.25, 0.3) is 0 Å². The van der Waals surface area contributed by atoms with E-state index < -0.39 is 6.10 Å². The molecule has 0 aliphatic rings. The molecule has 3 nitrogen and oxygen atoms in total. The minimum Gasteiger partial charge on any atom is -0.396 e. The van der Waals surface area contributed by atoms with Crippen molar-refractivity contribution in [3.63, 3.8) is 0 Å². The third kappa shape index (κ3) is 4.35. The molecule has 0 saturated carbocycles. The normalized spacial score (nSPS) is 16.4. The maximum absolute atomic E-state index is 9.30. The van der Waals surface area contributed by atoms with E-state index in [-0.39, 0.29) is 19.1 Å². The van der Waals surface area contributed by atoms with Crippen LogP contribution in [-0.4, -0.2) is 34.6 Å². The molecule has 0 aromatic rings. The molecule has 0 aliphatic heterocycles. The van der Waals surface area contributed by atoms with Crippen molar-refractivity contribution in [2.24, 2.45) is 5.92 Å². The molecule has 0 radical (unpaired) electrons. The van der Waals surface area contributed by atoms with Gasteiger partial charge in [0.1, 0.15) is 0 Å². The molecule has 68 valence electrons. The second-order valence-electron chi connectivity index (χ2n) is 2.78. The highest BCUT2D eigenvalue weighted by Gasteiger charge is 2.15. The van der Waals surface area contributed by atoms with Crippen LogP contribution in [0, 0.1) is 5.92 Å². The first kappa shape index (κ1) is 10.9. The molecule has 11 heavy (non-hydrogen) atoms. The van der Waals surface area contributed by atoms with Gasteiger partial charge in [-0.1, -0.05) is 6.92 Å². The van der Waals surface area contributed by atoms with Crippen LogP contribution in [0.5, 0.6) is 0 Å². The van der Waals surface area contributed by atoms with Gasteiger partial charge in [0.05, 0.1) is 6.10 Å². The summed E-state index contributed by atoms with van der Waals surface area (Å²) in [5.74, 6) is -0.0628. The number of hydrogen-bond acceptors (Lipinski definition) is 3. The zero-order chi connectivity index (χ0) is 8.69. The Morgan fingerprint density at radius 1 is 1.27 bits per heavy atom. The van der Waals surface area contributed by atoms with Gasteiger partial charge in [0, 0.05) is 19.1 Å². The molecule has 3 N–H and O–H groups in total. The first-order valence-electron chi connectivity index (χ1n) is 4.16. The molecule has 2 atom stereocenters. The van der Waals surface area contributed by atoms with Crippen LogP contribution in [0.4, 0.5) is 0 Å². The Morgan fingerprint density at radius 2 is 1.91 bits per heavy atom. The van der Waals surface area contributed by atoms with E-state index in [4.69, 9.17) is 10.2 Å². The van der Waals surface area contributed by atoms with Crippen LogP contribution < -0.4 is 0 Å². The number of aliphatic hydroxyl groups excluding tert-OH is 3. The van der Waals surface area contributed by atoms with Crippen molar-refractivity contribution in [2.75, 3.05) is 13.2 Å². The SMILES string of the molecule is CCC(O)C(CO)CCCO. The number of rotatable bonds is 6. The fourth-order valence-electron chi connectivity index (χ4n) is 1.09. The molecule has 2 unspecified atom stereocenters. The van der Waals surface area contributed by atoms with Crippen LogP contribution in [0.1, 0.15) is 26.2 Å². The molecule has 0 spiro atoms. The van der Waals surface area contributed by atoms with Gasteiger partial charge in [-0.2, -0.15) is 0 Å². The van der Waals surface area contributed by atoms with Crippen molar-refractivity contribution >= 4 is 0 Å². The second-order valence-corrected chi connectivity index (χ2v) is 2.78. The zero-order valence-corrected chi connectivity index (χ0v) is 7.03. The van der Waals surface area contributed by atoms with Crippen molar-refractivity contribution in [1.82, 2.24) is 0 Å². The van der Waals surface area contributed by atoms with E-state index in [1.54, 1.807) is 0 Å². The maximum atomic E-state index is 9.30. The highest BCUT2D eigenvalue weighted by molar-refractivity contribution is 4.66. The monoisotopic (exact) mass is 162 g/mol. The molecule has 0 amide bonds. The van der Waals surface area contributed by atoms with E-state index in [0.717, 1.165) is 0 Å². The minimum atomic E-state index is -0.424. The summed E-state index contributed by atoms with van der Waals surface area (Å²) in [6.07, 6.45) is 1.59. The maximum Gasteiger partial charge on any atom is 0.0587 e. The van der Waals surface area contributed by atoms with Crippen molar-refractivity contribution in [1.29, 1.82) is 0 Å². The van der Waals surface area contributed by atoms with Crippen LogP contribution in [-0.2, 0) is 0 Å². The van der Waals surface area contributed by atoms with Crippen LogP contribution >= 0.6 is 0 Å². The van der Waals surface area contributed by atoms with E-state index in [1.165, 1.54) is 0 Å². The van der Waals surface area contributed by atoms with Crippen molar-refractivity contribution in [2.45, 2.75) is 32.3 Å². The molecule has 0 heterocycles. The summed E-state index contributed by atoms with van der Waals surface area (Å²) in [5, 5.41) is 26.6. The molecule has 3 heteroatoms. The quantitative estimate of drug-likeness (QED) is 0.520. The smallest absolute Gasteiger partial charge is 0.0587 e. The molecule has 0 rings (SSSR count). The van der Waals surface area contributed by atoms with Gasteiger partial charge in [-0.25, -0.2) is 0 Å². The lowest BCUT2D eigenvalue weighted by Gasteiger charge is -2.18. The molecule has 0 bridgehead atoms. The van der Waals surface area contributed by atoms with Gasteiger partial charge in [-0.15, -0.1) is 0 Å². The third-order valence-corrected chi connectivity index (χ3v) is 1.93. The predicted molar refractivity (Wildman–Crippen MR) is 43.2 cm³/mol. The summed E-state index contributed by atoms with van der Waals surface area (Å²) in [6.45, 7) is 2.02. The van der Waals surface area contributed by atoms with Crippen LogP contribution in [0.2, 0.25) is 0 Å². The van der Waals surface area contributed by atoms with Crippen LogP contribution in [0.15, 0.2) is 0 Å². The van der Waals surface area contributed by atoms with Crippen LogP contribution in [0.25, 0.3) is 0 Å². The van der Waals surface area contributed by atoms with E-state index in [9.17, 15) is 5.11 Å². The summed E-state index contributed by atoms with van der Waals surface area (Å²) in [5.41, 5.74) is 0. The lowest BCUT2D eigenvalue weighted by molar-refractivity contribution is 0.0558. The van der Waals surface area contributed by atoms with E-state index in [2.05, 4.69) is 0 Å². The fourth-order valence-corrected chi connectivity index (χ4v) is 1.09. The zero-order valence-electron chi connectivity index (χ0n) is 7.03. The average molecular weight is 162 g/mol. The summed E-state index contributed by atoms with van der Waals surface area (Å²) >= 11 is 0. The number of hydrogen-bond donors (Lipinski definition) is 3. The summed E-state index contributed by atoms with van der Waals surface area (Å²) in [4.78, 5) is 0. The lowest BCUT2D eigenvalue weighted by Crippen LogP contribution is -2.23. The standard InChI is InChI=1S/C8H18O3/c1-2-8(11)7(6-10)4-3-5-9/h7-11H,2-6H2,1H3. The topological polar surface area (TPSA) is 60.7 Å². The van der Waals surface area contributed by atoms with Crippen LogP contribution in [0.3, 0.4) is 0 Å². The number of aliphatic hydroxyl groups is 3. The van der Waals surface area contributed by atoms with Gasteiger partial charge in [-0.05, 0) is 19.3 Å². The molecular formula is C8H18O3. The summed E-state index contributed by atoms with van der Waals surface area (Å²) < 4.78 is 0. The third-order valence-electron chi connectivity index (χ3n) is 1.93. The highest BCUT2D eigenvalue weighted by atomic mass is 16.3. The average Bonchev–Trinajstić information content (AvgIpc) is 2.05. The first-order chi connectivity index (χ1) is 5.26. The molecule has 0 aromatic carbocycles. The molecule has 0 aliphatic carbocycles. The Kier molecular flexibility index (Phi) is 6.51. The van der Waals surface area contributed by atoms with Crippen molar-refractivity contribution < 1.29 is 15.3 Å². The molecule has 0 fully saturated rings. The Hall–Kier alpha value is -0.120. The fraction of sp³-hybridized carbons (Fsp3) is 1.00. The van der Waals surface area contributed by atoms with Gasteiger partial charge in [-0.3, -0.25) is 0 Å². The summed E-state index contributed by atoms with van der Waals surface area (Å²) in [6, 6.07) is 0. The Bertz CT molecular complexity index is 85.4. The van der Waals surface area contributed by atoms with Gasteiger partial charge >= 0.3 is 0 Å². The van der Waals surface area contributed by atoms with Crippen molar-refractivity contribution in [3.8, 4) is 0 Å². The second kappa shape index (κ2) is 6.58. The molecule has 0 saturated heterocycles. The van der Waals surface area contributed by atoms with Crippen molar-refractivity contribution in [3.05, 3.63) is 0 Å². The van der Waals surface area contributed by atoms with Gasteiger partial charge < -0.3 is 15.3 Å². The molecular weight excluding hydrogens is 144 g/mol. The Morgan fingerprint density at radius 3 is 2.27 bits per heavy atom. The summed E-state index contributed by atoms with van der Waals surface area (Å²) in [7, 11) is 0. The highest BCUT2D eigenvalue weighted by Crippen LogP contribution is 2.12. The predicted octanol–water partition coefficient (Wildman–Crippen LogP) is 0.138. The minimum absolute atomic E-state index is 0.00894. The van der Waals surface area contributed by atoms with E-state index in [0.29, 0.717) is 19.3 Å². The largest absolute Gasteiger partial charge is 0.396 e. The molecule has 0 aromatic heterocycles.